The zero-order valence-electron chi connectivity index (χ0n) is 9.74. The van der Waals surface area contributed by atoms with Gasteiger partial charge in [0.15, 0.2) is 0 Å². The number of nitrogens with zero attached hydrogens (tertiary/aromatic N) is 1. The summed E-state index contributed by atoms with van der Waals surface area (Å²) in [5.74, 6) is 2.77. The van der Waals surface area contributed by atoms with Crippen molar-refractivity contribution in [1.29, 1.82) is 0 Å². The molecule has 1 fully saturated rings. The number of fused-ring (bicyclic) bond motifs is 2. The van der Waals surface area contributed by atoms with E-state index in [9.17, 15) is 0 Å². The average Bonchev–Trinajstić information content (AvgIpc) is 2.74. The Hall–Kier alpha value is -0.300. The minimum absolute atomic E-state index is 0.819. The van der Waals surface area contributed by atoms with E-state index in [0.29, 0.717) is 0 Å². The van der Waals surface area contributed by atoms with E-state index in [1.807, 2.05) is 0 Å². The molecule has 0 aromatic heterocycles. The quantitative estimate of drug-likeness (QED) is 0.620. The predicted molar refractivity (Wildman–Crippen MR) is 61.2 cm³/mol. The molecule has 0 amide bonds. The SMILES string of the molecule is CCCC(C1CC2C=CC1C2)N(C)C. The maximum atomic E-state index is 2.48. The molecule has 2 bridgehead atoms. The van der Waals surface area contributed by atoms with Crippen LogP contribution in [0.25, 0.3) is 0 Å². The molecule has 0 aliphatic heterocycles. The first kappa shape index (κ1) is 10.2. The van der Waals surface area contributed by atoms with E-state index in [1.54, 1.807) is 0 Å². The van der Waals surface area contributed by atoms with E-state index in [1.165, 1.54) is 25.7 Å². The molecule has 0 saturated heterocycles. The standard InChI is InChI=1S/C13H23N/c1-4-5-13(14(2)3)12-9-10-6-7-11(12)8-10/h6-7,10-13H,4-5,8-9H2,1-3H3. The monoisotopic (exact) mass is 193 g/mol. The highest BCUT2D eigenvalue weighted by molar-refractivity contribution is 5.11. The van der Waals surface area contributed by atoms with Crippen molar-refractivity contribution >= 4 is 0 Å². The van der Waals surface area contributed by atoms with Crippen LogP contribution in [0.5, 0.6) is 0 Å². The van der Waals surface area contributed by atoms with Crippen LogP contribution < -0.4 is 0 Å². The third-order valence-electron chi connectivity index (χ3n) is 4.07. The van der Waals surface area contributed by atoms with Crippen molar-refractivity contribution in [2.24, 2.45) is 17.8 Å². The highest BCUT2D eigenvalue weighted by atomic mass is 15.1. The van der Waals surface area contributed by atoms with Gasteiger partial charge in [0.25, 0.3) is 0 Å². The summed E-state index contributed by atoms with van der Waals surface area (Å²) < 4.78 is 0. The van der Waals surface area contributed by atoms with Crippen LogP contribution in [0.1, 0.15) is 32.6 Å². The summed E-state index contributed by atoms with van der Waals surface area (Å²) in [5.41, 5.74) is 0. The summed E-state index contributed by atoms with van der Waals surface area (Å²) in [6.07, 6.45) is 10.5. The van der Waals surface area contributed by atoms with Crippen LogP contribution in [0.2, 0.25) is 0 Å². The smallest absolute Gasteiger partial charge is 0.0123 e. The van der Waals surface area contributed by atoms with Gasteiger partial charge in [0.1, 0.15) is 0 Å². The zero-order chi connectivity index (χ0) is 10.1. The Morgan fingerprint density at radius 1 is 1.29 bits per heavy atom. The molecule has 4 unspecified atom stereocenters. The molecule has 2 rings (SSSR count). The van der Waals surface area contributed by atoms with Gasteiger partial charge in [-0.1, -0.05) is 25.5 Å². The third kappa shape index (κ3) is 1.75. The molecular formula is C13H23N. The summed E-state index contributed by atoms with van der Waals surface area (Å²) in [4.78, 5) is 2.45. The fourth-order valence-corrected chi connectivity index (χ4v) is 3.42. The molecule has 0 N–H and O–H groups in total. The maximum Gasteiger partial charge on any atom is 0.0123 e. The first-order chi connectivity index (χ1) is 6.72. The Morgan fingerprint density at radius 3 is 2.50 bits per heavy atom. The summed E-state index contributed by atoms with van der Waals surface area (Å²) >= 11 is 0. The van der Waals surface area contributed by atoms with Crippen molar-refractivity contribution in [3.63, 3.8) is 0 Å². The highest BCUT2D eigenvalue weighted by Gasteiger charge is 2.40. The predicted octanol–water partition coefficient (Wildman–Crippen LogP) is 2.93. The second kappa shape index (κ2) is 4.06. The second-order valence-electron chi connectivity index (χ2n) is 5.26. The minimum atomic E-state index is 0.819. The molecule has 0 aromatic carbocycles. The van der Waals surface area contributed by atoms with Crippen LogP contribution in [0.4, 0.5) is 0 Å². The maximum absolute atomic E-state index is 2.48. The van der Waals surface area contributed by atoms with Crippen molar-refractivity contribution in [3.05, 3.63) is 12.2 Å². The fourth-order valence-electron chi connectivity index (χ4n) is 3.42. The van der Waals surface area contributed by atoms with Gasteiger partial charge in [-0.3, -0.25) is 0 Å². The number of allylic oxidation sites excluding steroid dienone is 2. The van der Waals surface area contributed by atoms with Gasteiger partial charge in [-0.05, 0) is 51.1 Å². The number of hydrogen-bond donors (Lipinski definition) is 0. The Labute approximate surface area is 88.2 Å². The Balaban J connectivity index is 2.01. The van der Waals surface area contributed by atoms with Gasteiger partial charge in [-0.15, -0.1) is 0 Å². The molecule has 2 aliphatic carbocycles. The Kier molecular flexibility index (Phi) is 2.96. The Morgan fingerprint density at radius 2 is 2.07 bits per heavy atom. The van der Waals surface area contributed by atoms with Gasteiger partial charge in [0, 0.05) is 6.04 Å². The van der Waals surface area contributed by atoms with Crippen LogP contribution in [0.15, 0.2) is 12.2 Å². The van der Waals surface area contributed by atoms with Crippen molar-refractivity contribution in [2.45, 2.75) is 38.6 Å². The lowest BCUT2D eigenvalue weighted by atomic mass is 9.84. The lowest BCUT2D eigenvalue weighted by molar-refractivity contribution is 0.174. The van der Waals surface area contributed by atoms with Crippen molar-refractivity contribution in [2.75, 3.05) is 14.1 Å². The topological polar surface area (TPSA) is 3.24 Å². The number of hydrogen-bond acceptors (Lipinski definition) is 1. The summed E-state index contributed by atoms with van der Waals surface area (Å²) in [6, 6.07) is 0.819. The molecule has 1 saturated carbocycles. The first-order valence-corrected chi connectivity index (χ1v) is 6.07. The fraction of sp³-hybridized carbons (Fsp3) is 0.846. The molecule has 0 aromatic rings. The molecule has 1 heteroatoms. The lowest BCUT2D eigenvalue weighted by Crippen LogP contribution is -2.37. The lowest BCUT2D eigenvalue weighted by Gasteiger charge is -2.33. The molecule has 1 nitrogen and oxygen atoms in total. The Bertz CT molecular complexity index is 219. The van der Waals surface area contributed by atoms with Crippen molar-refractivity contribution in [3.8, 4) is 0 Å². The molecule has 0 heterocycles. The van der Waals surface area contributed by atoms with Gasteiger partial charge in [0.2, 0.25) is 0 Å². The highest BCUT2D eigenvalue weighted by Crippen LogP contribution is 2.46. The summed E-state index contributed by atoms with van der Waals surface area (Å²) in [6.45, 7) is 2.31. The van der Waals surface area contributed by atoms with E-state index >= 15 is 0 Å². The van der Waals surface area contributed by atoms with Crippen molar-refractivity contribution < 1.29 is 0 Å². The van der Waals surface area contributed by atoms with Gasteiger partial charge < -0.3 is 4.90 Å². The van der Waals surface area contributed by atoms with Crippen LogP contribution >= 0.6 is 0 Å². The summed E-state index contributed by atoms with van der Waals surface area (Å²) in [5, 5.41) is 0. The van der Waals surface area contributed by atoms with Crippen LogP contribution in [-0.2, 0) is 0 Å². The van der Waals surface area contributed by atoms with E-state index in [2.05, 4.69) is 38.1 Å². The average molecular weight is 193 g/mol. The largest absolute Gasteiger partial charge is 0.306 e. The molecule has 80 valence electrons. The van der Waals surface area contributed by atoms with Gasteiger partial charge in [-0.2, -0.15) is 0 Å². The molecule has 4 atom stereocenters. The zero-order valence-corrected chi connectivity index (χ0v) is 9.74. The van der Waals surface area contributed by atoms with E-state index < -0.39 is 0 Å². The van der Waals surface area contributed by atoms with E-state index in [0.717, 1.165) is 23.8 Å². The van der Waals surface area contributed by atoms with E-state index in [4.69, 9.17) is 0 Å². The van der Waals surface area contributed by atoms with Crippen LogP contribution in [0, 0.1) is 17.8 Å². The molecule has 2 aliphatic rings. The minimum Gasteiger partial charge on any atom is -0.306 e. The molecular weight excluding hydrogens is 170 g/mol. The molecule has 14 heavy (non-hydrogen) atoms. The van der Waals surface area contributed by atoms with E-state index in [-0.39, 0.29) is 0 Å². The van der Waals surface area contributed by atoms with Crippen LogP contribution in [-0.4, -0.2) is 25.0 Å². The normalized spacial score (nSPS) is 37.0. The van der Waals surface area contributed by atoms with Crippen molar-refractivity contribution in [1.82, 2.24) is 4.90 Å². The van der Waals surface area contributed by atoms with Gasteiger partial charge >= 0.3 is 0 Å². The number of rotatable bonds is 4. The van der Waals surface area contributed by atoms with Crippen LogP contribution in [0.3, 0.4) is 0 Å². The van der Waals surface area contributed by atoms with Gasteiger partial charge in [-0.25, -0.2) is 0 Å². The molecule has 0 radical (unpaired) electrons. The first-order valence-electron chi connectivity index (χ1n) is 6.07. The second-order valence-corrected chi connectivity index (χ2v) is 5.26. The summed E-state index contributed by atoms with van der Waals surface area (Å²) in [7, 11) is 4.49. The molecule has 0 spiro atoms. The van der Waals surface area contributed by atoms with Gasteiger partial charge in [0.05, 0.1) is 0 Å². The third-order valence-corrected chi connectivity index (χ3v) is 4.07.